The molecular formula is C14H18N2O4. The van der Waals surface area contributed by atoms with Crippen LogP contribution in [0.1, 0.15) is 6.92 Å². The second-order valence-electron chi connectivity index (χ2n) is 3.94. The summed E-state index contributed by atoms with van der Waals surface area (Å²) in [7, 11) is 0. The number of urea groups is 1. The lowest BCUT2D eigenvalue weighted by atomic mass is 10.3. The summed E-state index contributed by atoms with van der Waals surface area (Å²) in [5.41, 5.74) is 0.432. The molecule has 1 aromatic rings. The van der Waals surface area contributed by atoms with E-state index in [2.05, 4.69) is 11.9 Å². The summed E-state index contributed by atoms with van der Waals surface area (Å²) in [5.74, 6) is -0.758. The Balaban J connectivity index is 2.78. The molecule has 0 bridgehead atoms. The van der Waals surface area contributed by atoms with Crippen LogP contribution in [-0.2, 0) is 4.79 Å². The number of hydrogen-bond acceptors (Lipinski definition) is 3. The summed E-state index contributed by atoms with van der Waals surface area (Å²) < 4.78 is 5.12. The molecule has 0 radical (unpaired) electrons. The van der Waals surface area contributed by atoms with Crippen LogP contribution in [0.2, 0.25) is 0 Å². The number of benzene rings is 1. The minimum Gasteiger partial charge on any atom is -0.480 e. The molecule has 0 aliphatic rings. The van der Waals surface area contributed by atoms with E-state index >= 15 is 0 Å². The van der Waals surface area contributed by atoms with Crippen molar-refractivity contribution in [1.29, 1.82) is 0 Å². The van der Waals surface area contributed by atoms with Crippen LogP contribution in [0.3, 0.4) is 0 Å². The maximum absolute atomic E-state index is 12.0. The first-order valence-corrected chi connectivity index (χ1v) is 6.19. The second-order valence-corrected chi connectivity index (χ2v) is 3.94. The minimum atomic E-state index is -1.08. The van der Waals surface area contributed by atoms with E-state index in [9.17, 15) is 9.59 Å². The first-order valence-electron chi connectivity index (χ1n) is 6.19. The van der Waals surface area contributed by atoms with Crippen LogP contribution in [0.5, 0.6) is 5.75 Å². The van der Waals surface area contributed by atoms with Gasteiger partial charge in [0.2, 0.25) is 0 Å². The molecule has 0 spiro atoms. The number of ether oxygens (including phenoxy) is 1. The van der Waals surface area contributed by atoms with Crippen molar-refractivity contribution in [2.75, 3.05) is 25.0 Å². The zero-order valence-corrected chi connectivity index (χ0v) is 11.3. The van der Waals surface area contributed by atoms with E-state index in [0.29, 0.717) is 24.5 Å². The number of carbonyl (C=O) groups is 2. The smallest absolute Gasteiger partial charge is 0.341 e. The molecule has 0 aromatic heterocycles. The molecule has 1 rings (SSSR count). The maximum Gasteiger partial charge on any atom is 0.341 e. The number of amides is 2. The fourth-order valence-electron chi connectivity index (χ4n) is 1.54. The topological polar surface area (TPSA) is 78.9 Å². The van der Waals surface area contributed by atoms with Crippen molar-refractivity contribution in [1.82, 2.24) is 4.90 Å². The van der Waals surface area contributed by atoms with Gasteiger partial charge < -0.3 is 20.1 Å². The number of carbonyl (C=O) groups excluding carboxylic acids is 1. The highest BCUT2D eigenvalue weighted by Crippen LogP contribution is 2.23. The number of nitrogens with one attached hydrogen (secondary N) is 1. The standard InChI is InChI=1S/C14H18N2O4/c1-3-9-16(4-2)14(19)15-11-7-5-6-8-12(11)20-10-13(17)18/h3,5-8H,1,4,9-10H2,2H3,(H,15,19)(H,17,18). The zero-order valence-electron chi connectivity index (χ0n) is 11.3. The molecule has 0 heterocycles. The van der Waals surface area contributed by atoms with Gasteiger partial charge in [0.25, 0.3) is 0 Å². The first-order chi connectivity index (χ1) is 9.58. The van der Waals surface area contributed by atoms with E-state index in [1.807, 2.05) is 6.92 Å². The normalized spacial score (nSPS) is 9.65. The van der Waals surface area contributed by atoms with Crippen LogP contribution < -0.4 is 10.1 Å². The number of likely N-dealkylation sites (N-methyl/N-ethyl adjacent to an activating group) is 1. The molecule has 0 atom stereocenters. The molecule has 0 saturated heterocycles. The molecule has 0 aliphatic heterocycles. The molecule has 6 heteroatoms. The molecule has 0 aliphatic carbocycles. The minimum absolute atomic E-state index is 0.293. The van der Waals surface area contributed by atoms with Gasteiger partial charge in [0.1, 0.15) is 5.75 Å². The Morgan fingerprint density at radius 2 is 2.15 bits per heavy atom. The monoisotopic (exact) mass is 278 g/mol. The van der Waals surface area contributed by atoms with Gasteiger partial charge in [0.15, 0.2) is 6.61 Å². The van der Waals surface area contributed by atoms with Gasteiger partial charge in [-0.05, 0) is 19.1 Å². The van der Waals surface area contributed by atoms with Crippen molar-refractivity contribution < 1.29 is 19.4 Å². The van der Waals surface area contributed by atoms with E-state index in [0.717, 1.165) is 0 Å². The molecule has 0 saturated carbocycles. The molecule has 0 fully saturated rings. The fourth-order valence-corrected chi connectivity index (χ4v) is 1.54. The van der Waals surface area contributed by atoms with E-state index in [1.165, 1.54) is 0 Å². The van der Waals surface area contributed by atoms with Crippen LogP contribution in [0.15, 0.2) is 36.9 Å². The van der Waals surface area contributed by atoms with Crippen molar-refractivity contribution in [3.05, 3.63) is 36.9 Å². The van der Waals surface area contributed by atoms with Crippen molar-refractivity contribution >= 4 is 17.7 Å². The molecule has 0 unspecified atom stereocenters. The largest absolute Gasteiger partial charge is 0.480 e. The summed E-state index contributed by atoms with van der Waals surface area (Å²) in [4.78, 5) is 24.1. The Morgan fingerprint density at radius 1 is 1.45 bits per heavy atom. The predicted octanol–water partition coefficient (Wildman–Crippen LogP) is 2.19. The predicted molar refractivity (Wildman–Crippen MR) is 76.0 cm³/mol. The van der Waals surface area contributed by atoms with Gasteiger partial charge >= 0.3 is 12.0 Å². The van der Waals surface area contributed by atoms with E-state index in [4.69, 9.17) is 9.84 Å². The van der Waals surface area contributed by atoms with Gasteiger partial charge in [-0.2, -0.15) is 0 Å². The number of rotatable bonds is 7. The summed E-state index contributed by atoms with van der Waals surface area (Å²) in [5, 5.41) is 11.3. The highest BCUT2D eigenvalue weighted by Gasteiger charge is 2.13. The van der Waals surface area contributed by atoms with Gasteiger partial charge in [0.05, 0.1) is 5.69 Å². The van der Waals surface area contributed by atoms with Crippen molar-refractivity contribution in [2.24, 2.45) is 0 Å². The third kappa shape index (κ3) is 4.64. The fraction of sp³-hybridized carbons (Fsp3) is 0.286. The van der Waals surface area contributed by atoms with Gasteiger partial charge in [-0.3, -0.25) is 0 Å². The average molecular weight is 278 g/mol. The Hall–Kier alpha value is -2.50. The van der Waals surface area contributed by atoms with Crippen molar-refractivity contribution in [2.45, 2.75) is 6.92 Å². The number of nitrogens with zero attached hydrogens (tertiary/aromatic N) is 1. The Morgan fingerprint density at radius 3 is 2.75 bits per heavy atom. The molecule has 2 N–H and O–H groups in total. The zero-order chi connectivity index (χ0) is 15.0. The number of para-hydroxylation sites is 2. The number of carboxylic acids is 1. The van der Waals surface area contributed by atoms with E-state index in [-0.39, 0.29) is 6.03 Å². The summed E-state index contributed by atoms with van der Waals surface area (Å²) >= 11 is 0. The highest BCUT2D eigenvalue weighted by atomic mass is 16.5. The third-order valence-electron chi connectivity index (χ3n) is 2.50. The Bertz CT molecular complexity index is 488. The summed E-state index contributed by atoms with van der Waals surface area (Å²) in [6.45, 7) is 5.96. The molecular weight excluding hydrogens is 260 g/mol. The first kappa shape index (κ1) is 15.6. The molecule has 6 nitrogen and oxygen atoms in total. The number of aliphatic carboxylic acids is 1. The van der Waals surface area contributed by atoms with Gasteiger partial charge in [0, 0.05) is 13.1 Å². The van der Waals surface area contributed by atoms with Crippen LogP contribution in [0.25, 0.3) is 0 Å². The average Bonchev–Trinajstić information content (AvgIpc) is 2.43. The molecule has 20 heavy (non-hydrogen) atoms. The molecule has 108 valence electrons. The van der Waals surface area contributed by atoms with Crippen LogP contribution in [0, 0.1) is 0 Å². The molecule has 2 amide bonds. The number of anilines is 1. The van der Waals surface area contributed by atoms with Crippen molar-refractivity contribution in [3.63, 3.8) is 0 Å². The number of carboxylic acid groups (broad SMARTS) is 1. The Labute approximate surface area is 117 Å². The lowest BCUT2D eigenvalue weighted by Gasteiger charge is -2.20. The van der Waals surface area contributed by atoms with Gasteiger partial charge in [-0.25, -0.2) is 9.59 Å². The lowest BCUT2D eigenvalue weighted by Crippen LogP contribution is -2.34. The second kappa shape index (κ2) is 7.83. The van der Waals surface area contributed by atoms with Gasteiger partial charge in [-0.1, -0.05) is 18.2 Å². The van der Waals surface area contributed by atoms with E-state index in [1.54, 1.807) is 35.2 Å². The van der Waals surface area contributed by atoms with Crippen LogP contribution in [0.4, 0.5) is 10.5 Å². The molecule has 1 aromatic carbocycles. The summed E-state index contributed by atoms with van der Waals surface area (Å²) in [6.07, 6.45) is 1.63. The summed E-state index contributed by atoms with van der Waals surface area (Å²) in [6, 6.07) is 6.39. The lowest BCUT2D eigenvalue weighted by molar-refractivity contribution is -0.139. The third-order valence-corrected chi connectivity index (χ3v) is 2.50. The van der Waals surface area contributed by atoms with E-state index < -0.39 is 12.6 Å². The quantitative estimate of drug-likeness (QED) is 0.749. The van der Waals surface area contributed by atoms with Crippen molar-refractivity contribution in [3.8, 4) is 5.75 Å². The maximum atomic E-state index is 12.0. The SMILES string of the molecule is C=CCN(CC)C(=O)Nc1ccccc1OCC(=O)O. The number of hydrogen-bond donors (Lipinski definition) is 2. The van der Waals surface area contributed by atoms with Gasteiger partial charge in [-0.15, -0.1) is 6.58 Å². The Kier molecular flexibility index (Phi) is 6.09. The highest BCUT2D eigenvalue weighted by molar-refractivity contribution is 5.91. The van der Waals surface area contributed by atoms with Crippen LogP contribution in [-0.4, -0.2) is 41.7 Å². The van der Waals surface area contributed by atoms with Crippen LogP contribution >= 0.6 is 0 Å².